The molecule has 0 aliphatic rings. The highest BCUT2D eigenvalue weighted by Crippen LogP contribution is 2.62. The Bertz CT molecular complexity index is 1070. The highest BCUT2D eigenvalue weighted by molar-refractivity contribution is 6.42. The smallest absolute Gasteiger partial charge is 0.353 e. The molecule has 0 aliphatic carbocycles. The van der Waals surface area contributed by atoms with Gasteiger partial charge in [0.1, 0.15) is 0 Å². The Hall–Kier alpha value is -2.33. The van der Waals surface area contributed by atoms with Gasteiger partial charge in [0.05, 0.1) is 0 Å². The van der Waals surface area contributed by atoms with Crippen molar-refractivity contribution in [2.75, 3.05) is 0 Å². The molecule has 0 radical (unpaired) electrons. The van der Waals surface area contributed by atoms with Crippen molar-refractivity contribution in [3.05, 3.63) is 0 Å². The van der Waals surface area contributed by atoms with E-state index in [4.69, 9.17) is 25.5 Å². The number of rotatable bonds is 12. The number of carbonyl (C=O) groups is 2. The van der Waals surface area contributed by atoms with E-state index in [1.165, 1.54) is 0 Å². The Labute approximate surface area is 211 Å². The van der Waals surface area contributed by atoms with Gasteiger partial charge in [-0.05, 0) is 0 Å². The molecule has 42 heavy (non-hydrogen) atoms. The minimum Gasteiger partial charge on any atom is -0.353 e. The Morgan fingerprint density at radius 2 is 0.643 bits per heavy atom. The fourth-order valence-electron chi connectivity index (χ4n) is 2.19. The fourth-order valence-corrected chi connectivity index (χ4v) is 2.19. The van der Waals surface area contributed by atoms with Gasteiger partial charge < -0.3 is 25.5 Å². The summed E-state index contributed by atoms with van der Waals surface area (Å²) >= 11 is 0. The van der Waals surface area contributed by atoms with Crippen LogP contribution in [0.25, 0.3) is 0 Å². The zero-order valence-electron chi connectivity index (χ0n) is 18.0. The SMILES string of the molecule is O=C(C(=O)[C@@](O)(F)[C@](O)(F)[C@@](O)(F)[C@@](O)(F)C(O)(F)F)C(F)(F)C(F)(F)C(F)(F)C(F)(F)C(F)(F)C(F)(F)C(F)(F)F. The van der Waals surface area contributed by atoms with Crippen LogP contribution in [-0.4, -0.2) is 108 Å². The molecule has 0 fully saturated rings. The second kappa shape index (κ2) is 9.58. The van der Waals surface area contributed by atoms with Crippen LogP contribution in [0.15, 0.2) is 0 Å². The number of halogens is 21. The van der Waals surface area contributed by atoms with E-state index >= 15 is 0 Å². The van der Waals surface area contributed by atoms with Crippen LogP contribution in [0.3, 0.4) is 0 Å². The molecule has 0 aliphatic heterocycles. The highest BCUT2D eigenvalue weighted by Gasteiger charge is 2.94. The summed E-state index contributed by atoms with van der Waals surface area (Å²) in [4.78, 5) is 22.4. The predicted octanol–water partition coefficient (Wildman–Crippen LogP) is 2.72. The number of alkyl halides is 21. The molecule has 4 atom stereocenters. The Morgan fingerprint density at radius 1 is 0.357 bits per heavy atom. The second-order valence-corrected chi connectivity index (χ2v) is 7.63. The molecule has 5 N–H and O–H groups in total. The second-order valence-electron chi connectivity index (χ2n) is 7.63. The third kappa shape index (κ3) is 4.71. The van der Waals surface area contributed by atoms with E-state index in [-0.39, 0.29) is 0 Å². The van der Waals surface area contributed by atoms with Crippen molar-refractivity contribution >= 4 is 11.6 Å². The maximum absolute atomic E-state index is 13.9. The number of aliphatic hydroxyl groups is 5. The van der Waals surface area contributed by atoms with Crippen LogP contribution in [0.2, 0.25) is 0 Å². The minimum atomic E-state index is -9.17. The van der Waals surface area contributed by atoms with E-state index in [0.717, 1.165) is 0 Å². The van der Waals surface area contributed by atoms with Crippen LogP contribution >= 0.6 is 0 Å². The molecule has 0 saturated heterocycles. The number of ketones is 2. The topological polar surface area (TPSA) is 135 Å². The lowest BCUT2D eigenvalue weighted by molar-refractivity contribution is -0.487. The van der Waals surface area contributed by atoms with Crippen LogP contribution in [0.1, 0.15) is 0 Å². The average molecular weight is 684 g/mol. The van der Waals surface area contributed by atoms with Gasteiger partial charge in [-0.15, -0.1) is 0 Å². The lowest BCUT2D eigenvalue weighted by Crippen LogP contribution is -2.77. The Balaban J connectivity index is 7.09. The quantitative estimate of drug-likeness (QED) is 0.158. The van der Waals surface area contributed by atoms with Gasteiger partial charge in [-0.25, -0.2) is 0 Å². The maximum atomic E-state index is 13.9. The van der Waals surface area contributed by atoms with E-state index < -0.39 is 82.8 Å². The average Bonchev–Trinajstić information content (AvgIpc) is 2.75. The van der Waals surface area contributed by atoms with Crippen LogP contribution in [0, 0.1) is 0 Å². The van der Waals surface area contributed by atoms with E-state index in [1.54, 1.807) is 0 Å². The molecule has 0 bridgehead atoms. The Morgan fingerprint density at radius 3 is 0.929 bits per heavy atom. The summed E-state index contributed by atoms with van der Waals surface area (Å²) in [5.74, 6) is -94.4. The van der Waals surface area contributed by atoms with Gasteiger partial charge in [-0.1, -0.05) is 0 Å². The highest BCUT2D eigenvalue weighted by atomic mass is 19.4. The first-order valence-corrected chi connectivity index (χ1v) is 8.74. The summed E-state index contributed by atoms with van der Waals surface area (Å²) in [6.07, 6.45) is -15.1. The number of hydrogen-bond donors (Lipinski definition) is 5. The van der Waals surface area contributed by atoms with Gasteiger partial charge in [0, 0.05) is 0 Å². The van der Waals surface area contributed by atoms with Gasteiger partial charge in [-0.2, -0.15) is 92.2 Å². The van der Waals surface area contributed by atoms with Crippen molar-refractivity contribution in [2.45, 2.75) is 71.2 Å². The van der Waals surface area contributed by atoms with Crippen molar-refractivity contribution in [1.82, 2.24) is 0 Å². The summed E-state index contributed by atoms with van der Waals surface area (Å²) in [5, 5.41) is 41.8. The van der Waals surface area contributed by atoms with E-state index in [9.17, 15) is 102 Å². The number of hydrogen-bond acceptors (Lipinski definition) is 7. The molecule has 0 rings (SSSR count). The molecule has 28 heteroatoms. The minimum absolute atomic E-state index is 5.31. The van der Waals surface area contributed by atoms with Crippen molar-refractivity contribution in [3.8, 4) is 0 Å². The summed E-state index contributed by atoms with van der Waals surface area (Å²) in [6, 6.07) is 0. The van der Waals surface area contributed by atoms with E-state index in [1.807, 2.05) is 0 Å². The van der Waals surface area contributed by atoms with Gasteiger partial charge in [0.2, 0.25) is 0 Å². The maximum Gasteiger partial charge on any atom is 0.460 e. The molecular formula is C14H5F21O7. The zero-order chi connectivity index (χ0) is 35.2. The van der Waals surface area contributed by atoms with E-state index in [2.05, 4.69) is 0 Å². The molecule has 0 aromatic heterocycles. The standard InChI is InChI=1S/C14H5F21O7/c15-3(16,5(18,19)6(20,21)7(22,23)8(24,25)9(26,27)13(31,32)33)1(36)2(37)4(17,38)10(28,39)11(29,40)12(30,41)14(34,35)42/h38-42H/t4-,10+,11-,12-/m0/s1. The monoisotopic (exact) mass is 684 g/mol. The van der Waals surface area contributed by atoms with Gasteiger partial charge in [0.25, 0.3) is 11.6 Å². The molecule has 0 aromatic rings. The van der Waals surface area contributed by atoms with E-state index in [0.29, 0.717) is 0 Å². The first-order chi connectivity index (χ1) is 17.6. The molecule has 0 amide bonds. The first kappa shape index (κ1) is 39.7. The predicted molar refractivity (Wildman–Crippen MR) is 77.1 cm³/mol. The lowest BCUT2D eigenvalue weighted by atomic mass is 9.85. The van der Waals surface area contributed by atoms with Crippen molar-refractivity contribution in [2.24, 2.45) is 0 Å². The molecule has 0 aromatic carbocycles. The summed E-state index contributed by atoms with van der Waals surface area (Å²) in [6.45, 7) is 0. The summed E-state index contributed by atoms with van der Waals surface area (Å²) < 4.78 is 276. The van der Waals surface area contributed by atoms with Gasteiger partial charge in [-0.3, -0.25) is 9.59 Å². The molecule has 0 unspecified atom stereocenters. The summed E-state index contributed by atoms with van der Waals surface area (Å²) in [5.41, 5.74) is 0. The Kier molecular flexibility index (Phi) is 9.05. The normalized spacial score (nSPS) is 21.1. The van der Waals surface area contributed by atoms with Crippen LogP contribution in [0.4, 0.5) is 92.2 Å². The molecule has 0 saturated carbocycles. The third-order valence-corrected chi connectivity index (χ3v) is 4.84. The molecule has 250 valence electrons. The number of Topliss-reactive ketones (excluding diaryl/α,β-unsaturated/α-hetero) is 2. The van der Waals surface area contributed by atoms with Crippen LogP contribution in [-0.2, 0) is 9.59 Å². The van der Waals surface area contributed by atoms with Crippen LogP contribution in [0.5, 0.6) is 0 Å². The molecule has 0 heterocycles. The molecule has 0 spiro atoms. The van der Waals surface area contributed by atoms with Gasteiger partial charge in [0.15, 0.2) is 0 Å². The van der Waals surface area contributed by atoms with Crippen molar-refractivity contribution < 1.29 is 127 Å². The van der Waals surface area contributed by atoms with Crippen molar-refractivity contribution in [3.63, 3.8) is 0 Å². The van der Waals surface area contributed by atoms with Crippen molar-refractivity contribution in [1.29, 1.82) is 0 Å². The largest absolute Gasteiger partial charge is 0.460 e. The first-order valence-electron chi connectivity index (χ1n) is 8.74. The van der Waals surface area contributed by atoms with Gasteiger partial charge >= 0.3 is 71.2 Å². The fraction of sp³-hybridized carbons (Fsp3) is 0.857. The zero-order valence-corrected chi connectivity index (χ0v) is 18.0. The molecular weight excluding hydrogens is 679 g/mol. The molecule has 7 nitrogen and oxygen atoms in total. The third-order valence-electron chi connectivity index (χ3n) is 4.84. The number of carbonyl (C=O) groups excluding carboxylic acids is 2. The summed E-state index contributed by atoms with van der Waals surface area (Å²) in [7, 11) is 0. The lowest BCUT2D eigenvalue weighted by Gasteiger charge is -2.42. The van der Waals surface area contributed by atoms with Crippen LogP contribution < -0.4 is 0 Å².